The minimum Gasteiger partial charge on any atom is -0.520 e. The van der Waals surface area contributed by atoms with E-state index in [0.717, 1.165) is 12.8 Å². The fourth-order valence-corrected chi connectivity index (χ4v) is 4.21. The van der Waals surface area contributed by atoms with Gasteiger partial charge in [-0.15, -0.1) is 0 Å². The Bertz CT molecular complexity index is 293. The second kappa shape index (κ2) is 9.79. The molecule has 126 valence electrons. The fourth-order valence-electron chi connectivity index (χ4n) is 2.25. The lowest BCUT2D eigenvalue weighted by atomic mass is 10.1. The summed E-state index contributed by atoms with van der Waals surface area (Å²) in [6.07, 6.45) is 7.68. The van der Waals surface area contributed by atoms with Gasteiger partial charge in [0.25, 0.3) is 5.97 Å². The Morgan fingerprint density at radius 2 is 1.48 bits per heavy atom. The minimum atomic E-state index is -1.79. The van der Waals surface area contributed by atoms with E-state index in [1.165, 1.54) is 25.7 Å². The Morgan fingerprint density at radius 1 is 0.905 bits per heavy atom. The molecule has 21 heavy (non-hydrogen) atoms. The largest absolute Gasteiger partial charge is 0.520 e. The highest BCUT2D eigenvalue weighted by atomic mass is 28.4. The molecule has 0 radical (unpaired) electrons. The summed E-state index contributed by atoms with van der Waals surface area (Å²) in [5.74, 6) is -0.0778. The summed E-state index contributed by atoms with van der Waals surface area (Å²) in [7, 11) is -3.41. The van der Waals surface area contributed by atoms with Crippen LogP contribution in [0.4, 0.5) is 0 Å². The molecule has 0 heterocycles. The van der Waals surface area contributed by atoms with Crippen LogP contribution in [0.3, 0.4) is 0 Å². The first kappa shape index (κ1) is 20.9. The van der Waals surface area contributed by atoms with Crippen LogP contribution in [0.15, 0.2) is 0 Å². The van der Waals surface area contributed by atoms with Crippen molar-refractivity contribution in [1.82, 2.24) is 0 Å². The van der Waals surface area contributed by atoms with Gasteiger partial charge in [-0.3, -0.25) is 4.79 Å². The first-order valence-electron chi connectivity index (χ1n) is 8.43. The van der Waals surface area contributed by atoms with Crippen LogP contribution in [0.2, 0.25) is 39.3 Å². The van der Waals surface area contributed by atoms with E-state index in [4.69, 9.17) is 8.85 Å². The van der Waals surface area contributed by atoms with Gasteiger partial charge in [0.15, 0.2) is 8.32 Å². The predicted octanol–water partition coefficient (Wildman–Crippen LogP) is 5.34. The molecule has 0 aliphatic rings. The van der Waals surface area contributed by atoms with Gasteiger partial charge in [-0.25, -0.2) is 0 Å². The molecule has 0 saturated heterocycles. The summed E-state index contributed by atoms with van der Waals surface area (Å²) in [6, 6.07) is 0. The lowest BCUT2D eigenvalue weighted by molar-refractivity contribution is -0.137. The van der Waals surface area contributed by atoms with E-state index in [2.05, 4.69) is 26.6 Å². The van der Waals surface area contributed by atoms with Gasteiger partial charge < -0.3 is 8.85 Å². The lowest BCUT2D eigenvalue weighted by Gasteiger charge is -2.27. The Morgan fingerprint density at radius 3 is 1.95 bits per heavy atom. The molecule has 0 aliphatic carbocycles. The van der Waals surface area contributed by atoms with Crippen molar-refractivity contribution in [3.05, 3.63) is 0 Å². The van der Waals surface area contributed by atoms with Crippen molar-refractivity contribution < 1.29 is 13.6 Å². The normalized spacial score (nSPS) is 14.0. The fraction of sp³-hybridized carbons (Fsp3) is 0.938. The van der Waals surface area contributed by atoms with Crippen molar-refractivity contribution in [3.8, 4) is 0 Å². The first-order valence-corrected chi connectivity index (χ1v) is 15.2. The third-order valence-corrected chi connectivity index (χ3v) is 4.84. The van der Waals surface area contributed by atoms with E-state index < -0.39 is 16.6 Å². The molecule has 3 nitrogen and oxygen atoms in total. The highest BCUT2D eigenvalue weighted by molar-refractivity contribution is 6.71. The second-order valence-electron chi connectivity index (χ2n) is 7.85. The van der Waals surface area contributed by atoms with E-state index in [0.29, 0.717) is 6.42 Å². The predicted molar refractivity (Wildman–Crippen MR) is 95.7 cm³/mol. The van der Waals surface area contributed by atoms with Crippen LogP contribution < -0.4 is 0 Å². The molecule has 0 aliphatic heterocycles. The van der Waals surface area contributed by atoms with Gasteiger partial charge in [0.1, 0.15) is 0 Å². The molecule has 0 rings (SSSR count). The third kappa shape index (κ3) is 14.6. The van der Waals surface area contributed by atoms with Crippen molar-refractivity contribution in [3.63, 3.8) is 0 Å². The molecule has 5 heteroatoms. The number of rotatable bonds is 11. The zero-order chi connectivity index (χ0) is 16.5. The highest BCUT2D eigenvalue weighted by Crippen LogP contribution is 2.18. The Kier molecular flexibility index (Phi) is 9.73. The molecular formula is C16H36O3Si2. The van der Waals surface area contributed by atoms with Crippen molar-refractivity contribution >= 4 is 22.6 Å². The molecule has 0 aromatic heterocycles. The van der Waals surface area contributed by atoms with Gasteiger partial charge in [0, 0.05) is 0 Å². The molecule has 0 spiro atoms. The summed E-state index contributed by atoms with van der Waals surface area (Å²) < 4.78 is 11.7. The molecule has 1 atom stereocenters. The Labute approximate surface area is 134 Å². The topological polar surface area (TPSA) is 35.5 Å². The molecular weight excluding hydrogens is 296 g/mol. The van der Waals surface area contributed by atoms with Crippen LogP contribution in [0.5, 0.6) is 0 Å². The van der Waals surface area contributed by atoms with Crippen LogP contribution in [-0.2, 0) is 13.6 Å². The lowest BCUT2D eigenvalue weighted by Crippen LogP contribution is -2.36. The quantitative estimate of drug-likeness (QED) is 0.378. The Balaban J connectivity index is 4.29. The maximum absolute atomic E-state index is 12.0. The number of hydrogen-bond acceptors (Lipinski definition) is 3. The van der Waals surface area contributed by atoms with Gasteiger partial charge >= 0.3 is 0 Å². The summed E-state index contributed by atoms with van der Waals surface area (Å²) in [6.45, 7) is 14.9. The van der Waals surface area contributed by atoms with E-state index in [9.17, 15) is 4.79 Å². The first-order chi connectivity index (χ1) is 9.53. The summed E-state index contributed by atoms with van der Waals surface area (Å²) in [4.78, 5) is 12.0. The zero-order valence-electron chi connectivity index (χ0n) is 15.3. The van der Waals surface area contributed by atoms with Crippen molar-refractivity contribution in [2.24, 2.45) is 0 Å². The van der Waals surface area contributed by atoms with E-state index in [1.807, 2.05) is 19.6 Å². The highest BCUT2D eigenvalue weighted by Gasteiger charge is 2.26. The molecule has 1 unspecified atom stereocenters. The zero-order valence-corrected chi connectivity index (χ0v) is 17.3. The second-order valence-corrected chi connectivity index (χ2v) is 16.7. The maximum Gasteiger partial charge on any atom is 0.295 e. The minimum absolute atomic E-state index is 0.0437. The van der Waals surface area contributed by atoms with Gasteiger partial charge in [0.2, 0.25) is 8.32 Å². The van der Waals surface area contributed by atoms with Crippen molar-refractivity contribution in [2.45, 2.75) is 97.3 Å². The average Bonchev–Trinajstić information content (AvgIpc) is 2.23. The molecule has 0 bridgehead atoms. The SMILES string of the molecule is CCCCCCCC(CC(=O)O[Si](C)(C)C)O[Si](C)(C)C. The number of hydrogen-bond donors (Lipinski definition) is 0. The summed E-state index contributed by atoms with van der Waals surface area (Å²) in [5.41, 5.74) is 0. The van der Waals surface area contributed by atoms with Crippen molar-refractivity contribution in [1.29, 1.82) is 0 Å². The van der Waals surface area contributed by atoms with Gasteiger partial charge in [-0.1, -0.05) is 39.0 Å². The molecule has 0 aromatic rings. The number of unbranched alkanes of at least 4 members (excludes halogenated alkanes) is 4. The van der Waals surface area contributed by atoms with Crippen LogP contribution >= 0.6 is 0 Å². The monoisotopic (exact) mass is 332 g/mol. The van der Waals surface area contributed by atoms with Gasteiger partial charge in [-0.05, 0) is 45.7 Å². The van der Waals surface area contributed by atoms with Crippen LogP contribution in [0.1, 0.15) is 51.9 Å². The summed E-state index contributed by atoms with van der Waals surface area (Å²) in [5, 5.41) is 0. The molecule has 0 aromatic carbocycles. The van der Waals surface area contributed by atoms with Crippen LogP contribution in [0, 0.1) is 0 Å². The van der Waals surface area contributed by atoms with Gasteiger partial charge in [-0.2, -0.15) is 0 Å². The standard InChI is InChI=1S/C16H36O3Si2/c1-8-9-10-11-12-13-15(18-20(2,3)4)14-16(17)19-21(5,6)7/h15H,8-14H2,1-7H3. The van der Waals surface area contributed by atoms with E-state index in [1.54, 1.807) is 0 Å². The molecule has 0 N–H and O–H groups in total. The van der Waals surface area contributed by atoms with E-state index >= 15 is 0 Å². The van der Waals surface area contributed by atoms with Gasteiger partial charge in [0.05, 0.1) is 12.5 Å². The summed E-state index contributed by atoms with van der Waals surface area (Å²) >= 11 is 0. The Hall–Kier alpha value is -0.136. The average molecular weight is 333 g/mol. The van der Waals surface area contributed by atoms with Crippen molar-refractivity contribution in [2.75, 3.05) is 0 Å². The number of carbonyl (C=O) groups excluding carboxylic acids is 1. The molecule has 0 amide bonds. The van der Waals surface area contributed by atoms with E-state index in [-0.39, 0.29) is 12.1 Å². The van der Waals surface area contributed by atoms with Crippen LogP contribution in [-0.4, -0.2) is 28.7 Å². The van der Waals surface area contributed by atoms with Crippen LogP contribution in [0.25, 0.3) is 0 Å². The maximum atomic E-state index is 12.0. The molecule has 0 saturated carbocycles. The smallest absolute Gasteiger partial charge is 0.295 e. The molecule has 0 fully saturated rings. The number of carbonyl (C=O) groups is 1. The third-order valence-electron chi connectivity index (χ3n) is 2.96.